The van der Waals surface area contributed by atoms with E-state index < -0.39 is 0 Å². The molecule has 0 aromatic carbocycles. The topological polar surface area (TPSA) is 34.9 Å². The normalized spacial score (nSPS) is 22.4. The Morgan fingerprint density at radius 2 is 1.76 bits per heavy atom. The van der Waals surface area contributed by atoms with Gasteiger partial charge in [-0.1, -0.05) is 25.7 Å². The Morgan fingerprint density at radius 1 is 1.12 bits per heavy atom. The van der Waals surface area contributed by atoms with Crippen molar-refractivity contribution in [1.82, 2.24) is 9.78 Å². The summed E-state index contributed by atoms with van der Waals surface area (Å²) >= 11 is 0. The Hall–Kier alpha value is -1.12. The van der Waals surface area contributed by atoms with Crippen LogP contribution in [0.4, 0.5) is 0 Å². The molecule has 0 spiro atoms. The molecule has 17 heavy (non-hydrogen) atoms. The Kier molecular flexibility index (Phi) is 3.00. The molecule has 2 saturated carbocycles. The fourth-order valence-corrected chi connectivity index (χ4v) is 3.45. The fraction of sp³-hybridized carbons (Fsp3) is 0.714. The SMILES string of the molecule is O=Cc1cc(C2CCCC2)n(C2CCCC2)n1. The number of aromatic nitrogens is 2. The molecule has 3 nitrogen and oxygen atoms in total. The molecule has 1 heterocycles. The Balaban J connectivity index is 1.93. The van der Waals surface area contributed by atoms with Gasteiger partial charge in [0.2, 0.25) is 0 Å². The third-order valence-electron chi connectivity index (χ3n) is 4.35. The van der Waals surface area contributed by atoms with Crippen LogP contribution in [-0.2, 0) is 0 Å². The quantitative estimate of drug-likeness (QED) is 0.748. The predicted molar refractivity (Wildman–Crippen MR) is 66.3 cm³/mol. The van der Waals surface area contributed by atoms with Gasteiger partial charge < -0.3 is 0 Å². The van der Waals surface area contributed by atoms with Crippen molar-refractivity contribution >= 4 is 6.29 Å². The van der Waals surface area contributed by atoms with Crippen LogP contribution in [0.3, 0.4) is 0 Å². The summed E-state index contributed by atoms with van der Waals surface area (Å²) in [6.07, 6.45) is 11.2. The van der Waals surface area contributed by atoms with Crippen molar-refractivity contribution in [2.24, 2.45) is 0 Å². The maximum Gasteiger partial charge on any atom is 0.170 e. The zero-order valence-electron chi connectivity index (χ0n) is 10.3. The molecule has 0 amide bonds. The highest BCUT2D eigenvalue weighted by atomic mass is 16.1. The van der Waals surface area contributed by atoms with Crippen molar-refractivity contribution in [2.45, 2.75) is 63.3 Å². The molecule has 2 aliphatic rings. The first-order chi connectivity index (χ1) is 8.38. The van der Waals surface area contributed by atoms with Gasteiger partial charge in [-0.2, -0.15) is 5.10 Å². The van der Waals surface area contributed by atoms with Gasteiger partial charge in [0, 0.05) is 11.6 Å². The average molecular weight is 232 g/mol. The highest BCUT2D eigenvalue weighted by Crippen LogP contribution is 2.38. The molecule has 3 rings (SSSR count). The Labute approximate surface area is 102 Å². The lowest BCUT2D eigenvalue weighted by Crippen LogP contribution is -2.12. The number of carbonyl (C=O) groups excluding carboxylic acids is 1. The summed E-state index contributed by atoms with van der Waals surface area (Å²) in [5.74, 6) is 0.650. The van der Waals surface area contributed by atoms with Crippen molar-refractivity contribution in [3.05, 3.63) is 17.5 Å². The van der Waals surface area contributed by atoms with Crippen LogP contribution in [0.1, 0.15) is 79.5 Å². The molecule has 0 atom stereocenters. The number of rotatable bonds is 3. The van der Waals surface area contributed by atoms with Crippen LogP contribution in [0.15, 0.2) is 6.07 Å². The summed E-state index contributed by atoms with van der Waals surface area (Å²) in [6.45, 7) is 0. The maximum atomic E-state index is 10.9. The maximum absolute atomic E-state index is 10.9. The summed E-state index contributed by atoms with van der Waals surface area (Å²) in [5.41, 5.74) is 1.95. The lowest BCUT2D eigenvalue weighted by Gasteiger charge is -2.17. The van der Waals surface area contributed by atoms with Crippen LogP contribution in [0.5, 0.6) is 0 Å². The fourth-order valence-electron chi connectivity index (χ4n) is 3.45. The van der Waals surface area contributed by atoms with E-state index in [9.17, 15) is 4.79 Å². The first-order valence-corrected chi connectivity index (χ1v) is 6.93. The van der Waals surface area contributed by atoms with Crippen LogP contribution < -0.4 is 0 Å². The standard InChI is InChI=1S/C14H20N2O/c17-10-12-9-14(11-5-1-2-6-11)16(15-12)13-7-3-4-8-13/h9-11,13H,1-8H2. The van der Waals surface area contributed by atoms with Gasteiger partial charge in [-0.05, 0) is 31.7 Å². The molecule has 92 valence electrons. The second kappa shape index (κ2) is 4.63. The van der Waals surface area contributed by atoms with Gasteiger partial charge in [0.1, 0.15) is 5.69 Å². The van der Waals surface area contributed by atoms with E-state index in [2.05, 4.69) is 9.78 Å². The lowest BCUT2D eigenvalue weighted by molar-refractivity contribution is 0.111. The Morgan fingerprint density at radius 3 is 2.41 bits per heavy atom. The molecule has 1 aromatic rings. The molecule has 2 aliphatic carbocycles. The molecule has 2 fully saturated rings. The van der Waals surface area contributed by atoms with Crippen molar-refractivity contribution in [1.29, 1.82) is 0 Å². The molecular weight excluding hydrogens is 212 g/mol. The summed E-state index contributed by atoms with van der Waals surface area (Å²) in [6, 6.07) is 2.58. The Bertz CT molecular complexity index is 365. The van der Waals surface area contributed by atoms with E-state index in [0.29, 0.717) is 17.7 Å². The van der Waals surface area contributed by atoms with E-state index in [4.69, 9.17) is 0 Å². The monoisotopic (exact) mass is 232 g/mol. The summed E-state index contributed by atoms with van der Waals surface area (Å²) in [5, 5.41) is 4.50. The molecule has 0 N–H and O–H groups in total. The molecule has 1 aromatic heterocycles. The minimum Gasteiger partial charge on any atom is -0.296 e. The van der Waals surface area contributed by atoms with Crippen molar-refractivity contribution < 1.29 is 4.79 Å². The largest absolute Gasteiger partial charge is 0.296 e. The molecule has 0 saturated heterocycles. The van der Waals surface area contributed by atoms with Crippen LogP contribution in [0, 0.1) is 0 Å². The molecule has 0 radical (unpaired) electrons. The van der Waals surface area contributed by atoms with Crippen molar-refractivity contribution in [3.8, 4) is 0 Å². The van der Waals surface area contributed by atoms with Crippen LogP contribution >= 0.6 is 0 Å². The van der Waals surface area contributed by atoms with Crippen molar-refractivity contribution in [3.63, 3.8) is 0 Å². The van der Waals surface area contributed by atoms with Gasteiger partial charge in [-0.25, -0.2) is 0 Å². The van der Waals surface area contributed by atoms with Gasteiger partial charge in [-0.15, -0.1) is 0 Å². The van der Waals surface area contributed by atoms with E-state index in [0.717, 1.165) is 6.29 Å². The van der Waals surface area contributed by atoms with Gasteiger partial charge in [0.15, 0.2) is 6.29 Å². The van der Waals surface area contributed by atoms with Gasteiger partial charge in [-0.3, -0.25) is 9.48 Å². The summed E-state index contributed by atoms with van der Waals surface area (Å²) in [4.78, 5) is 10.9. The number of nitrogens with zero attached hydrogens (tertiary/aromatic N) is 2. The number of carbonyl (C=O) groups is 1. The number of hydrogen-bond acceptors (Lipinski definition) is 2. The second-order valence-corrected chi connectivity index (χ2v) is 5.48. The predicted octanol–water partition coefficient (Wildman–Crippen LogP) is 3.47. The first kappa shape index (κ1) is 11.0. The molecule has 3 heteroatoms. The summed E-state index contributed by atoms with van der Waals surface area (Å²) < 4.78 is 2.19. The van der Waals surface area contributed by atoms with Gasteiger partial charge in [0.05, 0.1) is 6.04 Å². The van der Waals surface area contributed by atoms with Crippen LogP contribution in [0.2, 0.25) is 0 Å². The third kappa shape index (κ3) is 2.03. The minimum absolute atomic E-state index is 0.555. The van der Waals surface area contributed by atoms with E-state index in [1.54, 1.807) is 0 Å². The molecule has 0 bridgehead atoms. The zero-order chi connectivity index (χ0) is 11.7. The van der Waals surface area contributed by atoms with Crippen molar-refractivity contribution in [2.75, 3.05) is 0 Å². The summed E-state index contributed by atoms with van der Waals surface area (Å²) in [7, 11) is 0. The average Bonchev–Trinajstić information content (AvgIpc) is 3.09. The first-order valence-electron chi connectivity index (χ1n) is 6.93. The number of aldehydes is 1. The third-order valence-corrected chi connectivity index (χ3v) is 4.35. The highest BCUT2D eigenvalue weighted by Gasteiger charge is 2.26. The van der Waals surface area contributed by atoms with Gasteiger partial charge in [0.25, 0.3) is 0 Å². The molecule has 0 unspecified atom stereocenters. The smallest absolute Gasteiger partial charge is 0.170 e. The zero-order valence-corrected chi connectivity index (χ0v) is 10.3. The van der Waals surface area contributed by atoms with E-state index in [-0.39, 0.29) is 0 Å². The van der Waals surface area contributed by atoms with Crippen LogP contribution in [-0.4, -0.2) is 16.1 Å². The molecule has 0 aliphatic heterocycles. The lowest BCUT2D eigenvalue weighted by atomic mass is 10.0. The highest BCUT2D eigenvalue weighted by molar-refractivity contribution is 5.71. The second-order valence-electron chi connectivity index (χ2n) is 5.48. The van der Waals surface area contributed by atoms with E-state index >= 15 is 0 Å². The van der Waals surface area contributed by atoms with E-state index in [1.165, 1.54) is 57.1 Å². The molecular formula is C14H20N2O. The minimum atomic E-state index is 0.555. The number of hydrogen-bond donors (Lipinski definition) is 0. The van der Waals surface area contributed by atoms with E-state index in [1.807, 2.05) is 6.07 Å². The van der Waals surface area contributed by atoms with Gasteiger partial charge >= 0.3 is 0 Å². The van der Waals surface area contributed by atoms with Crippen LogP contribution in [0.25, 0.3) is 0 Å².